The molecular formula is C28H30N4O4. The summed E-state index contributed by atoms with van der Waals surface area (Å²) < 4.78 is 5.73. The van der Waals surface area contributed by atoms with E-state index in [9.17, 15) is 14.4 Å². The van der Waals surface area contributed by atoms with E-state index in [0.717, 1.165) is 18.4 Å². The van der Waals surface area contributed by atoms with Gasteiger partial charge in [-0.2, -0.15) is 0 Å². The number of carbonyl (C=O) groups excluding carboxylic acids is 3. The normalized spacial score (nSPS) is 16.8. The molecule has 0 spiro atoms. The first-order valence-electron chi connectivity index (χ1n) is 12.1. The van der Waals surface area contributed by atoms with Gasteiger partial charge in [-0.1, -0.05) is 55.8 Å². The largest absolute Gasteiger partial charge is 0.483 e. The van der Waals surface area contributed by atoms with Crippen LogP contribution in [-0.2, 0) is 16.1 Å². The molecule has 4 rings (SSSR count). The summed E-state index contributed by atoms with van der Waals surface area (Å²) >= 11 is 0. The first-order chi connectivity index (χ1) is 17.5. The summed E-state index contributed by atoms with van der Waals surface area (Å²) in [4.78, 5) is 44.9. The van der Waals surface area contributed by atoms with Crippen LogP contribution in [0.5, 0.6) is 5.75 Å². The Kier molecular flexibility index (Phi) is 7.95. The van der Waals surface area contributed by atoms with Gasteiger partial charge in [0.1, 0.15) is 5.75 Å². The van der Waals surface area contributed by atoms with E-state index >= 15 is 0 Å². The highest BCUT2D eigenvalue weighted by Crippen LogP contribution is 2.45. The van der Waals surface area contributed by atoms with Crippen LogP contribution in [0.15, 0.2) is 73.1 Å². The molecule has 3 aromatic rings. The Labute approximate surface area is 210 Å². The van der Waals surface area contributed by atoms with Crippen LogP contribution in [0.4, 0.5) is 0 Å². The van der Waals surface area contributed by atoms with Gasteiger partial charge < -0.3 is 20.7 Å². The minimum Gasteiger partial charge on any atom is -0.483 e. The third-order valence-electron chi connectivity index (χ3n) is 6.27. The van der Waals surface area contributed by atoms with Gasteiger partial charge in [-0.25, -0.2) is 0 Å². The molecule has 2 aromatic carbocycles. The van der Waals surface area contributed by atoms with Gasteiger partial charge in [-0.3, -0.25) is 19.4 Å². The van der Waals surface area contributed by atoms with Gasteiger partial charge in [-0.05, 0) is 35.7 Å². The minimum atomic E-state index is -0.689. The molecule has 0 fully saturated rings. The number of primary amides is 1. The van der Waals surface area contributed by atoms with Crippen molar-refractivity contribution in [2.75, 3.05) is 13.2 Å². The van der Waals surface area contributed by atoms with Gasteiger partial charge in [0.15, 0.2) is 6.61 Å². The second kappa shape index (κ2) is 11.5. The Morgan fingerprint density at radius 1 is 1.06 bits per heavy atom. The lowest BCUT2D eigenvalue weighted by Crippen LogP contribution is -2.47. The summed E-state index contributed by atoms with van der Waals surface area (Å²) in [5, 5.41) is 3.04. The molecule has 8 nitrogen and oxygen atoms in total. The standard InChI is InChI=1S/C28H30N4O4/c1-2-3-15-32-26(22-12-6-7-13-23(22)36-18-24(29)33)25(20-10-4-5-11-21(20)28(32)35)27(34)31-17-19-9-8-14-30-16-19/h4-14,16,25-26H,2-3,15,17-18H2,1H3,(H2,29,33)(H,31,34). The molecule has 0 saturated heterocycles. The number of benzene rings is 2. The van der Waals surface area contributed by atoms with Crippen LogP contribution in [0.1, 0.15) is 58.8 Å². The highest BCUT2D eigenvalue weighted by atomic mass is 16.5. The Hall–Kier alpha value is -4.20. The first-order valence-corrected chi connectivity index (χ1v) is 12.1. The van der Waals surface area contributed by atoms with E-state index in [0.29, 0.717) is 35.5 Å². The van der Waals surface area contributed by atoms with Crippen LogP contribution in [0.25, 0.3) is 0 Å². The number of nitrogens with zero attached hydrogens (tertiary/aromatic N) is 2. The van der Waals surface area contributed by atoms with Crippen LogP contribution in [0.3, 0.4) is 0 Å². The maximum absolute atomic E-state index is 13.8. The zero-order chi connectivity index (χ0) is 25.5. The van der Waals surface area contributed by atoms with E-state index < -0.39 is 17.9 Å². The lowest BCUT2D eigenvalue weighted by atomic mass is 9.78. The van der Waals surface area contributed by atoms with Crippen molar-refractivity contribution in [3.8, 4) is 5.75 Å². The lowest BCUT2D eigenvalue weighted by molar-refractivity contribution is -0.124. The quantitative estimate of drug-likeness (QED) is 0.456. The number of pyridine rings is 1. The second-order valence-corrected chi connectivity index (χ2v) is 8.73. The molecule has 1 aromatic heterocycles. The number of nitrogens with one attached hydrogen (secondary N) is 1. The summed E-state index contributed by atoms with van der Waals surface area (Å²) in [5.41, 5.74) is 8.02. The molecule has 0 radical (unpaired) electrons. The smallest absolute Gasteiger partial charge is 0.255 e. The van der Waals surface area contributed by atoms with Gasteiger partial charge in [0.2, 0.25) is 5.91 Å². The molecule has 0 bridgehead atoms. The number of para-hydroxylation sites is 1. The van der Waals surface area contributed by atoms with Gasteiger partial charge >= 0.3 is 0 Å². The molecule has 36 heavy (non-hydrogen) atoms. The van der Waals surface area contributed by atoms with Gasteiger partial charge in [0.05, 0.1) is 12.0 Å². The van der Waals surface area contributed by atoms with Crippen LogP contribution < -0.4 is 15.8 Å². The average Bonchev–Trinajstić information content (AvgIpc) is 2.90. The zero-order valence-corrected chi connectivity index (χ0v) is 20.2. The van der Waals surface area contributed by atoms with Crippen molar-refractivity contribution in [1.29, 1.82) is 0 Å². The summed E-state index contributed by atoms with van der Waals surface area (Å²) in [6, 6.07) is 17.5. The zero-order valence-electron chi connectivity index (χ0n) is 20.2. The number of hydrogen-bond donors (Lipinski definition) is 2. The molecule has 2 unspecified atom stereocenters. The predicted molar refractivity (Wildman–Crippen MR) is 135 cm³/mol. The van der Waals surface area contributed by atoms with Crippen LogP contribution in [0, 0.1) is 0 Å². The molecule has 0 saturated carbocycles. The van der Waals surface area contributed by atoms with Crippen molar-refractivity contribution in [3.63, 3.8) is 0 Å². The summed E-state index contributed by atoms with van der Waals surface area (Å²) in [6.07, 6.45) is 5.05. The number of nitrogens with two attached hydrogens (primary N) is 1. The lowest BCUT2D eigenvalue weighted by Gasteiger charge is -2.42. The number of unbranched alkanes of at least 4 members (excludes halogenated alkanes) is 1. The van der Waals surface area contributed by atoms with Crippen LogP contribution >= 0.6 is 0 Å². The molecule has 186 valence electrons. The SMILES string of the molecule is CCCCN1C(=O)c2ccccc2C(C(=O)NCc2cccnc2)C1c1ccccc1OCC(N)=O. The maximum atomic E-state index is 13.8. The monoisotopic (exact) mass is 486 g/mol. The molecular weight excluding hydrogens is 456 g/mol. The number of hydrogen-bond acceptors (Lipinski definition) is 5. The third kappa shape index (κ3) is 5.38. The van der Waals surface area contributed by atoms with E-state index in [1.54, 1.807) is 35.5 Å². The van der Waals surface area contributed by atoms with Gasteiger partial charge in [0.25, 0.3) is 11.8 Å². The number of ether oxygens (including phenoxy) is 1. The Morgan fingerprint density at radius 2 is 1.81 bits per heavy atom. The van der Waals surface area contributed by atoms with Crippen molar-refractivity contribution in [1.82, 2.24) is 15.2 Å². The fourth-order valence-corrected chi connectivity index (χ4v) is 4.60. The maximum Gasteiger partial charge on any atom is 0.255 e. The average molecular weight is 487 g/mol. The molecule has 3 N–H and O–H groups in total. The van der Waals surface area contributed by atoms with Crippen molar-refractivity contribution in [2.24, 2.45) is 5.73 Å². The van der Waals surface area contributed by atoms with Gasteiger partial charge in [0, 0.05) is 36.6 Å². The van der Waals surface area contributed by atoms with Crippen molar-refractivity contribution < 1.29 is 19.1 Å². The molecule has 3 amide bonds. The predicted octanol–water partition coefficient (Wildman–Crippen LogP) is 3.34. The third-order valence-corrected chi connectivity index (χ3v) is 6.27. The number of fused-ring (bicyclic) bond motifs is 1. The van der Waals surface area contributed by atoms with Crippen molar-refractivity contribution in [3.05, 3.63) is 95.3 Å². The number of aromatic nitrogens is 1. The van der Waals surface area contributed by atoms with E-state index in [4.69, 9.17) is 10.5 Å². The molecule has 2 atom stereocenters. The summed E-state index contributed by atoms with van der Waals surface area (Å²) in [6.45, 7) is 2.53. The molecule has 1 aliphatic heterocycles. The fraction of sp³-hybridized carbons (Fsp3) is 0.286. The van der Waals surface area contributed by atoms with E-state index in [-0.39, 0.29) is 18.4 Å². The number of carbonyl (C=O) groups is 3. The molecule has 8 heteroatoms. The molecule has 1 aliphatic rings. The first kappa shape index (κ1) is 24.9. The molecule has 0 aliphatic carbocycles. The Morgan fingerprint density at radius 3 is 2.53 bits per heavy atom. The van der Waals surface area contributed by atoms with Crippen molar-refractivity contribution in [2.45, 2.75) is 38.3 Å². The highest BCUT2D eigenvalue weighted by Gasteiger charge is 2.44. The second-order valence-electron chi connectivity index (χ2n) is 8.73. The van der Waals surface area contributed by atoms with E-state index in [2.05, 4.69) is 17.2 Å². The highest BCUT2D eigenvalue weighted by molar-refractivity contribution is 6.01. The fourth-order valence-electron chi connectivity index (χ4n) is 4.60. The summed E-state index contributed by atoms with van der Waals surface area (Å²) in [5.74, 6) is -1.23. The van der Waals surface area contributed by atoms with Crippen LogP contribution in [0.2, 0.25) is 0 Å². The number of rotatable bonds is 10. The van der Waals surface area contributed by atoms with Crippen molar-refractivity contribution >= 4 is 17.7 Å². The minimum absolute atomic E-state index is 0.134. The van der Waals surface area contributed by atoms with Gasteiger partial charge in [-0.15, -0.1) is 0 Å². The molecule has 2 heterocycles. The van der Waals surface area contributed by atoms with E-state index in [1.807, 2.05) is 42.5 Å². The van der Waals surface area contributed by atoms with Crippen LogP contribution in [-0.4, -0.2) is 40.8 Å². The Balaban J connectivity index is 1.80. The Bertz CT molecular complexity index is 1230. The summed E-state index contributed by atoms with van der Waals surface area (Å²) in [7, 11) is 0. The number of amides is 3. The topological polar surface area (TPSA) is 115 Å². The van der Waals surface area contributed by atoms with E-state index in [1.165, 1.54) is 0 Å².